The number of ether oxygens (including phenoxy) is 5. The summed E-state index contributed by atoms with van der Waals surface area (Å²) in [6.45, 7) is 16.8. The quantitative estimate of drug-likeness (QED) is 0.130. The molecule has 34 heavy (non-hydrogen) atoms. The summed E-state index contributed by atoms with van der Waals surface area (Å²) in [5.41, 5.74) is 0. The second-order valence-electron chi connectivity index (χ2n) is 6.35. The molecule has 2 aliphatic heterocycles. The van der Waals surface area contributed by atoms with Crippen LogP contribution < -0.4 is 120 Å². The van der Waals surface area contributed by atoms with Gasteiger partial charge < -0.3 is 56.7 Å². The van der Waals surface area contributed by atoms with Crippen LogP contribution >= 0.6 is 15.9 Å². The van der Waals surface area contributed by atoms with Gasteiger partial charge in [0.1, 0.15) is 12.2 Å². The summed E-state index contributed by atoms with van der Waals surface area (Å²) in [4.78, 5) is 0. The molecule has 204 valence electrons. The Morgan fingerprint density at radius 2 is 1.26 bits per heavy atom. The standard InChI is InChI=1S/C9H16O3.C6H12O3.C3H5Br.4CH4.BrH.2K.2H2O/c1-4-5-10-6-8-7-11-9(2,3)12-8;1-6(2)8-4-5(3-7)9-6;1-2-3-4;;;;;;;;;/h4,8H,1,5-7H2,2-3H3;5,7H,3-4H2,1-2H3;2H,1,3H2;4*1H4;1H;;;2*1H2/q;;;;;;;;2*+1;;/p-2. The van der Waals surface area contributed by atoms with Gasteiger partial charge in [0.25, 0.3) is 0 Å². The van der Waals surface area contributed by atoms with Crippen LogP contribution in [-0.4, -0.2) is 78.2 Å². The Kier molecular flexibility index (Phi) is 74.8. The van der Waals surface area contributed by atoms with Crippen LogP contribution in [0.3, 0.4) is 0 Å². The van der Waals surface area contributed by atoms with E-state index in [2.05, 4.69) is 29.1 Å². The first kappa shape index (κ1) is 66.0. The molecule has 0 radical (unpaired) electrons. The van der Waals surface area contributed by atoms with Gasteiger partial charge >= 0.3 is 103 Å². The van der Waals surface area contributed by atoms with Gasteiger partial charge in [-0.2, -0.15) is 0 Å². The number of halogens is 2. The van der Waals surface area contributed by atoms with Crippen molar-refractivity contribution in [2.45, 2.75) is 81.2 Å². The molecule has 2 aliphatic rings. The first-order chi connectivity index (χ1) is 11.7. The van der Waals surface area contributed by atoms with Crippen molar-refractivity contribution in [1.82, 2.24) is 0 Å². The molecule has 0 bridgehead atoms. The summed E-state index contributed by atoms with van der Waals surface area (Å²) in [5.74, 6) is -0.935. The summed E-state index contributed by atoms with van der Waals surface area (Å²) >= 11 is 3.13. The van der Waals surface area contributed by atoms with Gasteiger partial charge in [-0.1, -0.05) is 57.8 Å². The average Bonchev–Trinajstić information content (AvgIpc) is 3.09. The number of hydrogen-bond acceptors (Lipinski definition) is 7. The van der Waals surface area contributed by atoms with E-state index >= 15 is 0 Å². The van der Waals surface area contributed by atoms with Crippen LogP contribution in [0, 0.1) is 0 Å². The zero-order valence-corrected chi connectivity index (χ0v) is 28.6. The van der Waals surface area contributed by atoms with Crippen LogP contribution in [-0.2, 0) is 23.7 Å². The Morgan fingerprint density at radius 1 is 0.912 bits per heavy atom. The maximum absolute atomic E-state index is 8.59. The molecule has 2 fully saturated rings. The minimum atomic E-state index is -0.493. The minimum absolute atomic E-state index is 0. The molecule has 0 saturated carbocycles. The number of allylic oxidation sites excluding steroid dienone is 1. The minimum Gasteiger partial charge on any atom is -1.00 e. The Morgan fingerprint density at radius 3 is 1.47 bits per heavy atom. The Bertz CT molecular complexity index is 394. The number of alkyl halides is 1. The van der Waals surface area contributed by atoms with Crippen molar-refractivity contribution < 1.29 is 159 Å². The second kappa shape index (κ2) is 38.5. The third-order valence-electron chi connectivity index (χ3n) is 2.99. The van der Waals surface area contributed by atoms with Crippen molar-refractivity contribution >= 4 is 15.9 Å². The third kappa shape index (κ3) is 37.5. The normalized spacial score (nSPS) is 19.1. The van der Waals surface area contributed by atoms with E-state index in [0.717, 1.165) is 5.33 Å². The van der Waals surface area contributed by atoms with Gasteiger partial charge in [0.05, 0.1) is 33.0 Å². The van der Waals surface area contributed by atoms with Crippen molar-refractivity contribution in [2.24, 2.45) is 0 Å². The fourth-order valence-electron chi connectivity index (χ4n) is 1.98. The molecule has 0 aliphatic carbocycles. The molecule has 2 atom stereocenters. The molecule has 2 saturated heterocycles. The van der Waals surface area contributed by atoms with Crippen molar-refractivity contribution in [3.8, 4) is 0 Å². The van der Waals surface area contributed by atoms with Crippen LogP contribution in [0.5, 0.6) is 0 Å². The smallest absolute Gasteiger partial charge is 1.00 e. The van der Waals surface area contributed by atoms with E-state index in [1.54, 1.807) is 12.2 Å². The van der Waals surface area contributed by atoms with Gasteiger partial charge in [-0.3, -0.25) is 0 Å². The van der Waals surface area contributed by atoms with E-state index in [0.29, 0.717) is 26.4 Å². The number of hydrogen-bond donors (Lipinski definition) is 1. The van der Waals surface area contributed by atoms with Gasteiger partial charge in [-0.25, -0.2) is 0 Å². The molecule has 2 heterocycles. The van der Waals surface area contributed by atoms with Crippen LogP contribution in [0.25, 0.3) is 0 Å². The molecule has 8 nitrogen and oxygen atoms in total. The van der Waals surface area contributed by atoms with Gasteiger partial charge in [-0.05, 0) is 27.7 Å². The van der Waals surface area contributed by atoms with Gasteiger partial charge in [-0.15, -0.1) is 13.2 Å². The second-order valence-corrected chi connectivity index (χ2v) is 7.00. The predicted molar refractivity (Wildman–Crippen MR) is 134 cm³/mol. The van der Waals surface area contributed by atoms with E-state index < -0.39 is 11.6 Å². The summed E-state index contributed by atoms with van der Waals surface area (Å²) in [6.07, 6.45) is 3.46. The fourth-order valence-corrected chi connectivity index (χ4v) is 1.98. The topological polar surface area (TPSA) is 128 Å². The molecule has 0 aromatic heterocycles. The molecular formula is C22H52Br2K2O8. The van der Waals surface area contributed by atoms with Crippen LogP contribution in [0.15, 0.2) is 25.3 Å². The monoisotopic (exact) mass is 680 g/mol. The van der Waals surface area contributed by atoms with Crippen LogP contribution in [0.1, 0.15) is 57.4 Å². The van der Waals surface area contributed by atoms with E-state index in [9.17, 15) is 0 Å². The Labute approximate surface area is 315 Å². The zero-order chi connectivity index (χ0) is 19.3. The predicted octanol–water partition coefficient (Wildman–Crippen LogP) is -4.41. The van der Waals surface area contributed by atoms with Gasteiger partial charge in [0, 0.05) is 5.33 Å². The molecule has 0 spiro atoms. The van der Waals surface area contributed by atoms with Crippen molar-refractivity contribution in [1.29, 1.82) is 0 Å². The first-order valence-electron chi connectivity index (χ1n) is 8.29. The van der Waals surface area contributed by atoms with Gasteiger partial charge in [0.15, 0.2) is 11.6 Å². The molecule has 0 amide bonds. The SMILES string of the molecule is C.C.C.C.C=CCBr.C=CCOCC1COC(C)(C)O1.CC1(C)OCC(CO)O1.O.[Br-].[K+].[K+].[OH-]. The van der Waals surface area contributed by atoms with E-state index in [-0.39, 0.29) is 179 Å². The molecular weight excluding hydrogens is 630 g/mol. The molecule has 2 unspecified atom stereocenters. The molecule has 12 heteroatoms. The Balaban J connectivity index is -0.0000000302. The Hall–Kier alpha value is 3.39. The summed E-state index contributed by atoms with van der Waals surface area (Å²) in [7, 11) is 0. The summed E-state index contributed by atoms with van der Waals surface area (Å²) in [6, 6.07) is 0. The average molecular weight is 683 g/mol. The maximum Gasteiger partial charge on any atom is 1.00 e. The van der Waals surface area contributed by atoms with E-state index in [4.69, 9.17) is 28.8 Å². The van der Waals surface area contributed by atoms with Crippen LogP contribution in [0.2, 0.25) is 0 Å². The van der Waals surface area contributed by atoms with Crippen molar-refractivity contribution in [3.63, 3.8) is 0 Å². The van der Waals surface area contributed by atoms with Crippen molar-refractivity contribution in [3.05, 3.63) is 25.3 Å². The van der Waals surface area contributed by atoms with E-state index in [1.807, 2.05) is 27.7 Å². The fraction of sp³-hybridized carbons (Fsp3) is 0.818. The largest absolute Gasteiger partial charge is 1.00 e. The maximum atomic E-state index is 8.59. The molecule has 0 aromatic carbocycles. The molecule has 4 N–H and O–H groups in total. The van der Waals surface area contributed by atoms with Crippen LogP contribution in [0.4, 0.5) is 0 Å². The third-order valence-corrected chi connectivity index (χ3v) is 3.44. The number of aliphatic hydroxyl groups is 1. The summed E-state index contributed by atoms with van der Waals surface area (Å²) in [5, 5.41) is 9.49. The molecule has 0 aromatic rings. The molecule has 2 rings (SSSR count). The first-order valence-corrected chi connectivity index (χ1v) is 9.41. The summed E-state index contributed by atoms with van der Waals surface area (Å²) < 4.78 is 26.5. The number of rotatable bonds is 6. The van der Waals surface area contributed by atoms with Crippen molar-refractivity contribution in [2.75, 3.05) is 38.4 Å². The number of aliphatic hydroxyl groups excluding tert-OH is 1. The van der Waals surface area contributed by atoms with Gasteiger partial charge in [0.2, 0.25) is 0 Å². The zero-order valence-electron chi connectivity index (χ0n) is 19.2. The van der Waals surface area contributed by atoms with E-state index in [1.165, 1.54) is 0 Å².